The third-order valence-electron chi connectivity index (χ3n) is 2.22. The minimum atomic E-state index is -0.222. The minimum Gasteiger partial charge on any atom is -0.318 e. The first kappa shape index (κ1) is 10.6. The quantitative estimate of drug-likeness (QED) is 0.780. The first-order valence-corrected chi connectivity index (χ1v) is 6.04. The molecule has 0 unspecified atom stereocenters. The van der Waals surface area contributed by atoms with Crippen molar-refractivity contribution in [3.8, 4) is 0 Å². The highest BCUT2D eigenvalue weighted by molar-refractivity contribution is 9.10. The van der Waals surface area contributed by atoms with Crippen molar-refractivity contribution in [1.29, 1.82) is 0 Å². The Bertz CT molecular complexity index is 418. The first-order valence-electron chi connectivity index (χ1n) is 4.37. The fourth-order valence-electron chi connectivity index (χ4n) is 1.41. The zero-order chi connectivity index (χ0) is 11.0. The summed E-state index contributed by atoms with van der Waals surface area (Å²) in [4.78, 5) is 26.7. The number of halogens is 1. The molecule has 0 aliphatic carbocycles. The number of imide groups is 1. The van der Waals surface area contributed by atoms with Crippen molar-refractivity contribution in [2.75, 3.05) is 13.6 Å². The molecule has 15 heavy (non-hydrogen) atoms. The summed E-state index contributed by atoms with van der Waals surface area (Å²) in [5.41, 5.74) is 0. The fourth-order valence-corrected chi connectivity index (χ4v) is 2.87. The van der Waals surface area contributed by atoms with E-state index in [0.717, 1.165) is 9.35 Å². The summed E-state index contributed by atoms with van der Waals surface area (Å²) in [6.07, 6.45) is 0. The van der Waals surface area contributed by atoms with E-state index in [1.165, 1.54) is 21.1 Å². The maximum Gasteiger partial charge on any atom is 0.327 e. The Morgan fingerprint density at radius 1 is 1.53 bits per heavy atom. The Labute approximate surface area is 99.6 Å². The lowest BCUT2D eigenvalue weighted by molar-refractivity contribution is -0.125. The lowest BCUT2D eigenvalue weighted by atomic mass is 10.4. The highest BCUT2D eigenvalue weighted by atomic mass is 79.9. The summed E-state index contributed by atoms with van der Waals surface area (Å²) in [7, 11) is 1.63. The zero-order valence-electron chi connectivity index (χ0n) is 8.07. The van der Waals surface area contributed by atoms with Gasteiger partial charge in [0.15, 0.2) is 0 Å². The van der Waals surface area contributed by atoms with E-state index in [1.54, 1.807) is 7.05 Å². The number of thiophene rings is 1. The monoisotopic (exact) mass is 288 g/mol. The Balaban J connectivity index is 2.16. The van der Waals surface area contributed by atoms with E-state index in [1.807, 2.05) is 11.4 Å². The van der Waals surface area contributed by atoms with Crippen LogP contribution >= 0.6 is 27.3 Å². The van der Waals surface area contributed by atoms with Crippen LogP contribution in [0.4, 0.5) is 4.79 Å². The van der Waals surface area contributed by atoms with Gasteiger partial charge in [0.1, 0.15) is 6.54 Å². The van der Waals surface area contributed by atoms with E-state index in [0.29, 0.717) is 6.54 Å². The zero-order valence-corrected chi connectivity index (χ0v) is 10.5. The largest absolute Gasteiger partial charge is 0.327 e. The van der Waals surface area contributed by atoms with E-state index >= 15 is 0 Å². The van der Waals surface area contributed by atoms with Gasteiger partial charge >= 0.3 is 6.03 Å². The van der Waals surface area contributed by atoms with Crippen LogP contribution in [-0.4, -0.2) is 35.3 Å². The van der Waals surface area contributed by atoms with Crippen molar-refractivity contribution in [2.24, 2.45) is 0 Å². The standard InChI is InChI=1S/C9H9BrN2O2S/c1-11-5-8(13)12(9(11)14)4-7-6(10)2-3-15-7/h2-3H,4-5H2,1H3. The molecule has 1 saturated heterocycles. The fraction of sp³-hybridized carbons (Fsp3) is 0.333. The van der Waals surface area contributed by atoms with Gasteiger partial charge in [-0.25, -0.2) is 4.79 Å². The highest BCUT2D eigenvalue weighted by Crippen LogP contribution is 2.25. The van der Waals surface area contributed by atoms with Gasteiger partial charge in [-0.2, -0.15) is 0 Å². The molecule has 0 spiro atoms. The van der Waals surface area contributed by atoms with Crippen molar-refractivity contribution in [2.45, 2.75) is 6.54 Å². The van der Waals surface area contributed by atoms with E-state index in [9.17, 15) is 9.59 Å². The van der Waals surface area contributed by atoms with Crippen molar-refractivity contribution in [3.05, 3.63) is 20.8 Å². The van der Waals surface area contributed by atoms with Gasteiger partial charge in [-0.15, -0.1) is 11.3 Å². The molecule has 2 rings (SSSR count). The topological polar surface area (TPSA) is 40.6 Å². The molecule has 0 atom stereocenters. The summed E-state index contributed by atoms with van der Waals surface area (Å²) < 4.78 is 0.947. The van der Waals surface area contributed by atoms with Crippen molar-refractivity contribution < 1.29 is 9.59 Å². The van der Waals surface area contributed by atoms with Crippen LogP contribution < -0.4 is 0 Å². The summed E-state index contributed by atoms with van der Waals surface area (Å²) >= 11 is 4.91. The second-order valence-electron chi connectivity index (χ2n) is 3.31. The molecule has 0 N–H and O–H groups in total. The number of hydrogen-bond acceptors (Lipinski definition) is 3. The third kappa shape index (κ3) is 1.91. The number of carbonyl (C=O) groups excluding carboxylic acids is 2. The highest BCUT2D eigenvalue weighted by Gasteiger charge is 2.33. The Hall–Kier alpha value is -0.880. The van der Waals surface area contributed by atoms with Gasteiger partial charge < -0.3 is 4.90 Å². The molecule has 0 bridgehead atoms. The molecule has 1 aromatic rings. The summed E-state index contributed by atoms with van der Waals surface area (Å²) in [5.74, 6) is -0.136. The van der Waals surface area contributed by atoms with Gasteiger partial charge in [-0.3, -0.25) is 9.69 Å². The van der Waals surface area contributed by atoms with Crippen LogP contribution in [0.5, 0.6) is 0 Å². The predicted octanol–water partition coefficient (Wildman–Crippen LogP) is 1.90. The predicted molar refractivity (Wildman–Crippen MR) is 60.6 cm³/mol. The number of urea groups is 1. The number of amides is 3. The Morgan fingerprint density at radius 3 is 2.73 bits per heavy atom. The van der Waals surface area contributed by atoms with Crippen LogP contribution in [0, 0.1) is 0 Å². The second-order valence-corrected chi connectivity index (χ2v) is 5.17. The van der Waals surface area contributed by atoms with Crippen LogP contribution in [0.1, 0.15) is 4.88 Å². The SMILES string of the molecule is CN1CC(=O)N(Cc2sccc2Br)C1=O. The average Bonchev–Trinajstić information content (AvgIpc) is 2.67. The maximum absolute atomic E-state index is 11.6. The van der Waals surface area contributed by atoms with E-state index < -0.39 is 0 Å². The van der Waals surface area contributed by atoms with Gasteiger partial charge in [0.05, 0.1) is 6.54 Å². The van der Waals surface area contributed by atoms with Crippen molar-refractivity contribution in [1.82, 2.24) is 9.80 Å². The summed E-state index contributed by atoms with van der Waals surface area (Å²) in [6, 6.07) is 1.69. The number of nitrogens with zero attached hydrogens (tertiary/aromatic N) is 2. The van der Waals surface area contributed by atoms with Gasteiger partial charge in [-0.1, -0.05) is 0 Å². The van der Waals surface area contributed by atoms with Gasteiger partial charge in [0.2, 0.25) is 0 Å². The average molecular weight is 289 g/mol. The normalized spacial score (nSPS) is 16.7. The molecule has 1 aliphatic heterocycles. The minimum absolute atomic E-state index is 0.136. The number of rotatable bonds is 2. The lowest BCUT2D eigenvalue weighted by Gasteiger charge is -2.12. The van der Waals surface area contributed by atoms with Crippen LogP contribution in [0.2, 0.25) is 0 Å². The van der Waals surface area contributed by atoms with Crippen molar-refractivity contribution >= 4 is 39.2 Å². The van der Waals surface area contributed by atoms with Crippen molar-refractivity contribution in [3.63, 3.8) is 0 Å². The second kappa shape index (κ2) is 3.94. The number of hydrogen-bond donors (Lipinski definition) is 0. The Kier molecular flexibility index (Phi) is 2.79. The molecule has 2 heterocycles. The molecule has 80 valence electrons. The molecule has 1 aromatic heterocycles. The van der Waals surface area contributed by atoms with Crippen LogP contribution in [0.3, 0.4) is 0 Å². The molecule has 4 nitrogen and oxygen atoms in total. The van der Waals surface area contributed by atoms with Crippen LogP contribution in [-0.2, 0) is 11.3 Å². The van der Waals surface area contributed by atoms with Crippen LogP contribution in [0.25, 0.3) is 0 Å². The Morgan fingerprint density at radius 2 is 2.27 bits per heavy atom. The lowest BCUT2D eigenvalue weighted by Crippen LogP contribution is -2.30. The summed E-state index contributed by atoms with van der Waals surface area (Å²) in [6.45, 7) is 0.544. The van der Waals surface area contributed by atoms with Gasteiger partial charge in [0.25, 0.3) is 5.91 Å². The molecular formula is C9H9BrN2O2S. The first-order chi connectivity index (χ1) is 7.09. The molecule has 1 fully saturated rings. The van der Waals surface area contributed by atoms with E-state index in [4.69, 9.17) is 0 Å². The molecule has 6 heteroatoms. The van der Waals surface area contributed by atoms with Gasteiger partial charge in [0, 0.05) is 16.4 Å². The smallest absolute Gasteiger partial charge is 0.318 e. The molecule has 1 aliphatic rings. The number of carbonyl (C=O) groups is 2. The van der Waals surface area contributed by atoms with Gasteiger partial charge in [-0.05, 0) is 27.4 Å². The van der Waals surface area contributed by atoms with E-state index in [2.05, 4.69) is 15.9 Å². The van der Waals surface area contributed by atoms with Crippen LogP contribution in [0.15, 0.2) is 15.9 Å². The number of likely N-dealkylation sites (N-methyl/N-ethyl adjacent to an activating group) is 1. The molecule has 0 aromatic carbocycles. The molecule has 3 amide bonds. The summed E-state index contributed by atoms with van der Waals surface area (Å²) in [5, 5.41) is 1.92. The molecule has 0 radical (unpaired) electrons. The van der Waals surface area contributed by atoms with E-state index in [-0.39, 0.29) is 18.5 Å². The maximum atomic E-state index is 11.6. The molecule has 0 saturated carbocycles. The molecular weight excluding hydrogens is 280 g/mol. The third-order valence-corrected chi connectivity index (χ3v) is 4.13.